The van der Waals surface area contributed by atoms with Gasteiger partial charge >= 0.3 is 37.7 Å². The average molecular weight is 367 g/mol. The molecule has 0 atom stereocenters. The molecule has 0 saturated carbocycles. The second-order valence-electron chi connectivity index (χ2n) is 7.72. The molecule has 0 bridgehead atoms. The quantitative estimate of drug-likeness (QED) is 0.149. The molecule has 0 aromatic rings. The number of unbranched alkanes of at least 4 members (excludes halogenated alkanes) is 20. The Kier molecular flexibility index (Phi) is 30.3. The van der Waals surface area contributed by atoms with Gasteiger partial charge in [0.25, 0.3) is 0 Å². The molecule has 0 unspecified atom stereocenters. The molecule has 0 aliphatic rings. The van der Waals surface area contributed by atoms with E-state index in [4.69, 9.17) is 0 Å². The zero-order valence-electron chi connectivity index (χ0n) is 19.6. The van der Waals surface area contributed by atoms with Gasteiger partial charge in [0.05, 0.1) is 0 Å². The smallest absolute Gasteiger partial charge is 1.00 e. The van der Waals surface area contributed by atoms with Crippen LogP contribution >= 0.6 is 0 Å². The van der Waals surface area contributed by atoms with Gasteiger partial charge < -0.3 is 2.85 Å². The Morgan fingerprint density at radius 3 is 0.542 bits per heavy atom. The molecule has 0 spiro atoms. The fourth-order valence-corrected chi connectivity index (χ4v) is 3.51. The van der Waals surface area contributed by atoms with Gasteiger partial charge in [-0.05, 0) is 0 Å². The van der Waals surface area contributed by atoms with Gasteiger partial charge in [-0.2, -0.15) is 0 Å². The summed E-state index contributed by atoms with van der Waals surface area (Å²) in [6.45, 7) is 4.60. The molecule has 0 saturated heterocycles. The van der Waals surface area contributed by atoms with Crippen LogP contribution in [0.25, 0.3) is 0 Å². The minimum absolute atomic E-state index is 0. The van der Waals surface area contributed by atoms with Crippen LogP contribution in [0, 0.1) is 0 Å². The van der Waals surface area contributed by atoms with E-state index in [0.717, 1.165) is 0 Å². The Labute approximate surface area is 188 Å². The zero-order valence-corrected chi connectivity index (χ0v) is 19.8. The average Bonchev–Trinajstić information content (AvgIpc) is 2.57. The SMILES string of the molecule is CCCCCCCCCCCCCCCCCCCCCCC.[Ca+2].[H-].[H-]. The molecule has 0 radical (unpaired) electrons. The summed E-state index contributed by atoms with van der Waals surface area (Å²) in [6, 6.07) is 0. The van der Waals surface area contributed by atoms with Gasteiger partial charge in [-0.15, -0.1) is 0 Å². The summed E-state index contributed by atoms with van der Waals surface area (Å²) in [7, 11) is 0. The number of hydrogen-bond donors (Lipinski definition) is 0. The Morgan fingerprint density at radius 1 is 0.292 bits per heavy atom. The van der Waals surface area contributed by atoms with E-state index in [2.05, 4.69) is 13.8 Å². The Balaban J connectivity index is -0.000000807. The first-order valence-electron chi connectivity index (χ1n) is 11.4. The van der Waals surface area contributed by atoms with E-state index in [1.165, 1.54) is 135 Å². The van der Waals surface area contributed by atoms with Crippen LogP contribution in [0.15, 0.2) is 0 Å². The zero-order chi connectivity index (χ0) is 16.8. The first-order valence-corrected chi connectivity index (χ1v) is 11.4. The molecule has 1 heteroatoms. The van der Waals surface area contributed by atoms with E-state index in [9.17, 15) is 0 Å². The van der Waals surface area contributed by atoms with Crippen LogP contribution in [0.5, 0.6) is 0 Å². The maximum Gasteiger partial charge on any atom is 2.00 e. The van der Waals surface area contributed by atoms with E-state index in [1.807, 2.05) is 0 Å². The van der Waals surface area contributed by atoms with Gasteiger partial charge in [0.1, 0.15) is 0 Å². The summed E-state index contributed by atoms with van der Waals surface area (Å²) in [5.41, 5.74) is 0. The molecule has 0 N–H and O–H groups in total. The van der Waals surface area contributed by atoms with E-state index < -0.39 is 0 Å². The van der Waals surface area contributed by atoms with E-state index >= 15 is 0 Å². The van der Waals surface area contributed by atoms with Crippen molar-refractivity contribution >= 4 is 37.7 Å². The fourth-order valence-electron chi connectivity index (χ4n) is 3.51. The molecule has 144 valence electrons. The molecule has 0 amide bonds. The van der Waals surface area contributed by atoms with Gasteiger partial charge in [-0.25, -0.2) is 0 Å². The molecule has 0 aliphatic carbocycles. The van der Waals surface area contributed by atoms with Crippen molar-refractivity contribution in [3.8, 4) is 0 Å². The topological polar surface area (TPSA) is 0 Å². The van der Waals surface area contributed by atoms with Gasteiger partial charge in [-0.3, -0.25) is 0 Å². The fraction of sp³-hybridized carbons (Fsp3) is 1.00. The molecule has 0 aromatic carbocycles. The molecule has 0 fully saturated rings. The molecular weight excluding hydrogens is 316 g/mol. The van der Waals surface area contributed by atoms with E-state index in [1.54, 1.807) is 0 Å². The van der Waals surface area contributed by atoms with Crippen LogP contribution in [0.4, 0.5) is 0 Å². The molecular formula is C23H50Ca. The summed E-state index contributed by atoms with van der Waals surface area (Å²) < 4.78 is 0. The third kappa shape index (κ3) is 25.5. The predicted octanol–water partition coefficient (Wildman–Crippen LogP) is 9.06. The monoisotopic (exact) mass is 366 g/mol. The molecule has 0 aromatic heterocycles. The largest absolute Gasteiger partial charge is 2.00 e. The van der Waals surface area contributed by atoms with Crippen molar-refractivity contribution < 1.29 is 2.85 Å². The third-order valence-electron chi connectivity index (χ3n) is 5.21. The summed E-state index contributed by atoms with van der Waals surface area (Å²) >= 11 is 0. The van der Waals surface area contributed by atoms with Crippen molar-refractivity contribution in [2.24, 2.45) is 0 Å². The van der Waals surface area contributed by atoms with Crippen molar-refractivity contribution in [2.45, 2.75) is 149 Å². The van der Waals surface area contributed by atoms with Crippen LogP contribution in [0.1, 0.15) is 152 Å². The van der Waals surface area contributed by atoms with Crippen LogP contribution in [0.3, 0.4) is 0 Å². The minimum atomic E-state index is 0. The van der Waals surface area contributed by atoms with Crippen LogP contribution < -0.4 is 0 Å². The van der Waals surface area contributed by atoms with Crippen LogP contribution in [-0.4, -0.2) is 37.7 Å². The Bertz CT molecular complexity index is 181. The molecule has 0 aliphatic heterocycles. The van der Waals surface area contributed by atoms with Crippen molar-refractivity contribution in [1.82, 2.24) is 0 Å². The second kappa shape index (κ2) is 26.5. The number of hydrogen-bond acceptors (Lipinski definition) is 0. The van der Waals surface area contributed by atoms with Crippen LogP contribution in [-0.2, 0) is 0 Å². The molecule has 0 nitrogen and oxygen atoms in total. The summed E-state index contributed by atoms with van der Waals surface area (Å²) in [4.78, 5) is 0. The van der Waals surface area contributed by atoms with Gasteiger partial charge in [0.15, 0.2) is 0 Å². The summed E-state index contributed by atoms with van der Waals surface area (Å²) in [6.07, 6.45) is 30.9. The van der Waals surface area contributed by atoms with Gasteiger partial charge in [0, 0.05) is 0 Å². The van der Waals surface area contributed by atoms with Gasteiger partial charge in [0.2, 0.25) is 0 Å². The second-order valence-corrected chi connectivity index (χ2v) is 7.72. The Hall–Kier alpha value is 1.26. The minimum Gasteiger partial charge on any atom is -1.00 e. The van der Waals surface area contributed by atoms with Crippen molar-refractivity contribution in [2.75, 3.05) is 0 Å². The first kappa shape index (κ1) is 27.5. The van der Waals surface area contributed by atoms with E-state index in [0.29, 0.717) is 0 Å². The molecule has 0 rings (SSSR count). The standard InChI is InChI=1S/C23H48.Ca.2H/c1-3-5-7-9-11-13-15-17-19-21-23-22-20-18-16-14-12-10-8-6-4-2;;;/h3-23H2,1-2H3;;;/q;+2;2*-1. The number of rotatable bonds is 20. The van der Waals surface area contributed by atoms with Crippen molar-refractivity contribution in [1.29, 1.82) is 0 Å². The maximum atomic E-state index is 2.30. The van der Waals surface area contributed by atoms with Crippen LogP contribution in [0.2, 0.25) is 0 Å². The summed E-state index contributed by atoms with van der Waals surface area (Å²) in [5, 5.41) is 0. The van der Waals surface area contributed by atoms with Crippen molar-refractivity contribution in [3.05, 3.63) is 0 Å². The van der Waals surface area contributed by atoms with Crippen molar-refractivity contribution in [3.63, 3.8) is 0 Å². The maximum absolute atomic E-state index is 2.30. The molecule has 0 heterocycles. The summed E-state index contributed by atoms with van der Waals surface area (Å²) in [5.74, 6) is 0. The third-order valence-corrected chi connectivity index (χ3v) is 5.21. The Morgan fingerprint density at radius 2 is 0.417 bits per heavy atom. The molecule has 24 heavy (non-hydrogen) atoms. The first-order chi connectivity index (χ1) is 11.4. The normalized spacial score (nSPS) is 10.8. The predicted molar refractivity (Wildman–Crippen MR) is 116 cm³/mol. The van der Waals surface area contributed by atoms with Gasteiger partial charge in [-0.1, -0.05) is 149 Å². The van der Waals surface area contributed by atoms with E-state index in [-0.39, 0.29) is 40.6 Å².